The second-order valence-corrected chi connectivity index (χ2v) is 5.91. The maximum Gasteiger partial charge on any atom is 0.282 e. The molecular formula is C11H6Br2Cl2N2O. The van der Waals surface area contributed by atoms with E-state index in [9.17, 15) is 4.79 Å². The van der Waals surface area contributed by atoms with Gasteiger partial charge in [-0.1, -0.05) is 35.3 Å². The summed E-state index contributed by atoms with van der Waals surface area (Å²) >= 11 is 18.4. The first-order valence-corrected chi connectivity index (χ1v) is 7.19. The van der Waals surface area contributed by atoms with E-state index in [4.69, 9.17) is 23.2 Å². The minimum Gasteiger partial charge on any atom is -0.266 e. The van der Waals surface area contributed by atoms with Crippen molar-refractivity contribution < 1.29 is 0 Å². The summed E-state index contributed by atoms with van der Waals surface area (Å²) in [5, 5.41) is 4.92. The van der Waals surface area contributed by atoms with Crippen molar-refractivity contribution in [3.05, 3.63) is 59.3 Å². The Morgan fingerprint density at radius 1 is 1.28 bits per heavy atom. The molecule has 0 saturated heterocycles. The van der Waals surface area contributed by atoms with E-state index in [2.05, 4.69) is 37.0 Å². The Bertz CT molecular complexity index is 658. The number of hydrogen-bond donors (Lipinski definition) is 0. The Morgan fingerprint density at radius 3 is 2.72 bits per heavy atom. The molecule has 0 aliphatic heterocycles. The number of hydrogen-bond acceptors (Lipinski definition) is 2. The van der Waals surface area contributed by atoms with Crippen LogP contribution in [0.2, 0.25) is 10.0 Å². The molecule has 2 aromatic rings. The Kier molecular flexibility index (Phi) is 4.48. The molecule has 0 radical (unpaired) electrons. The van der Waals surface area contributed by atoms with E-state index >= 15 is 0 Å². The van der Waals surface area contributed by atoms with E-state index in [-0.39, 0.29) is 12.1 Å². The molecule has 1 heterocycles. The zero-order valence-electron chi connectivity index (χ0n) is 8.83. The normalized spacial score (nSPS) is 10.7. The van der Waals surface area contributed by atoms with Crippen molar-refractivity contribution in [3.63, 3.8) is 0 Å². The summed E-state index contributed by atoms with van der Waals surface area (Å²) in [5.74, 6) is 0. The summed E-state index contributed by atoms with van der Waals surface area (Å²) in [5.41, 5.74) is 0.508. The largest absolute Gasteiger partial charge is 0.282 e. The van der Waals surface area contributed by atoms with Crippen molar-refractivity contribution in [2.45, 2.75) is 6.54 Å². The summed E-state index contributed by atoms with van der Waals surface area (Å²) in [6.07, 6.45) is 1.55. The quantitative estimate of drug-likeness (QED) is 0.743. The number of nitrogens with zero attached hydrogens (tertiary/aromatic N) is 2. The van der Waals surface area contributed by atoms with Gasteiger partial charge in [-0.25, -0.2) is 4.68 Å². The van der Waals surface area contributed by atoms with Crippen LogP contribution >= 0.6 is 55.1 Å². The van der Waals surface area contributed by atoms with Crippen LogP contribution in [0.15, 0.2) is 38.1 Å². The van der Waals surface area contributed by atoms with Crippen LogP contribution in [-0.4, -0.2) is 9.78 Å². The summed E-state index contributed by atoms with van der Waals surface area (Å²) in [4.78, 5) is 11.9. The van der Waals surface area contributed by atoms with E-state index in [1.54, 1.807) is 24.4 Å². The van der Waals surface area contributed by atoms with Crippen LogP contribution in [0.4, 0.5) is 0 Å². The molecule has 3 nitrogen and oxygen atoms in total. The van der Waals surface area contributed by atoms with Gasteiger partial charge in [0, 0.05) is 0 Å². The molecule has 0 aliphatic rings. The molecule has 2 rings (SSSR count). The number of aromatic nitrogens is 2. The monoisotopic (exact) mass is 410 g/mol. The van der Waals surface area contributed by atoms with Crippen molar-refractivity contribution in [1.29, 1.82) is 0 Å². The third-order valence-electron chi connectivity index (χ3n) is 2.29. The van der Waals surface area contributed by atoms with Gasteiger partial charge >= 0.3 is 0 Å². The van der Waals surface area contributed by atoms with Gasteiger partial charge in [-0.2, -0.15) is 5.10 Å². The van der Waals surface area contributed by atoms with Crippen LogP contribution < -0.4 is 5.56 Å². The van der Waals surface area contributed by atoms with Gasteiger partial charge in [0.25, 0.3) is 5.56 Å². The van der Waals surface area contributed by atoms with Crippen LogP contribution in [0.5, 0.6) is 0 Å². The van der Waals surface area contributed by atoms with Crippen LogP contribution in [0, 0.1) is 0 Å². The third-order valence-corrected chi connectivity index (χ3v) is 5.05. The van der Waals surface area contributed by atoms with E-state index < -0.39 is 0 Å². The van der Waals surface area contributed by atoms with Crippen LogP contribution in [-0.2, 0) is 6.54 Å². The minimum atomic E-state index is -0.236. The van der Waals surface area contributed by atoms with Gasteiger partial charge in [0.05, 0.1) is 27.3 Å². The molecule has 0 N–H and O–H groups in total. The number of halogens is 4. The molecule has 0 spiro atoms. The first-order valence-electron chi connectivity index (χ1n) is 4.84. The Balaban J connectivity index is 2.44. The molecule has 0 bridgehead atoms. The first-order chi connectivity index (χ1) is 8.50. The van der Waals surface area contributed by atoms with Gasteiger partial charge in [-0.05, 0) is 43.5 Å². The molecule has 0 aliphatic carbocycles. The average Bonchev–Trinajstić information content (AvgIpc) is 2.35. The predicted octanol–water partition coefficient (Wildman–Crippen LogP) is 4.12. The van der Waals surface area contributed by atoms with Gasteiger partial charge in [-0.3, -0.25) is 4.79 Å². The van der Waals surface area contributed by atoms with Crippen molar-refractivity contribution in [2.24, 2.45) is 0 Å². The van der Waals surface area contributed by atoms with Gasteiger partial charge in [0.2, 0.25) is 0 Å². The molecule has 1 aromatic heterocycles. The van der Waals surface area contributed by atoms with Crippen LogP contribution in [0.1, 0.15) is 5.56 Å². The highest BCUT2D eigenvalue weighted by Crippen LogP contribution is 2.26. The van der Waals surface area contributed by atoms with Crippen molar-refractivity contribution in [1.82, 2.24) is 9.78 Å². The molecule has 7 heteroatoms. The lowest BCUT2D eigenvalue weighted by Crippen LogP contribution is -2.24. The van der Waals surface area contributed by atoms with Crippen molar-refractivity contribution >= 4 is 55.1 Å². The summed E-state index contributed by atoms with van der Waals surface area (Å²) in [6, 6.07) is 5.28. The maximum absolute atomic E-state index is 11.9. The Morgan fingerprint density at radius 2 is 2.00 bits per heavy atom. The first kappa shape index (κ1) is 14.1. The second kappa shape index (κ2) is 5.74. The van der Waals surface area contributed by atoms with E-state index in [1.165, 1.54) is 4.68 Å². The Hall–Kier alpha value is -0.360. The van der Waals surface area contributed by atoms with E-state index in [0.29, 0.717) is 19.0 Å². The second-order valence-electron chi connectivity index (χ2n) is 3.48. The smallest absolute Gasteiger partial charge is 0.266 e. The maximum atomic E-state index is 11.9. The van der Waals surface area contributed by atoms with E-state index in [1.807, 2.05) is 0 Å². The van der Waals surface area contributed by atoms with Crippen LogP contribution in [0.25, 0.3) is 0 Å². The number of rotatable bonds is 2. The molecular weight excluding hydrogens is 407 g/mol. The van der Waals surface area contributed by atoms with Crippen molar-refractivity contribution in [2.75, 3.05) is 0 Å². The minimum absolute atomic E-state index is 0.236. The fourth-order valence-corrected chi connectivity index (χ4v) is 2.34. The zero-order valence-corrected chi connectivity index (χ0v) is 13.5. The molecule has 0 unspecified atom stereocenters. The fourth-order valence-electron chi connectivity index (χ4n) is 1.39. The zero-order chi connectivity index (χ0) is 13.3. The topological polar surface area (TPSA) is 34.9 Å². The van der Waals surface area contributed by atoms with Gasteiger partial charge < -0.3 is 0 Å². The highest BCUT2D eigenvalue weighted by molar-refractivity contribution is 9.13. The fraction of sp³-hybridized carbons (Fsp3) is 0.0909. The van der Waals surface area contributed by atoms with Crippen LogP contribution in [0.3, 0.4) is 0 Å². The lowest BCUT2D eigenvalue weighted by molar-refractivity contribution is 0.633. The predicted molar refractivity (Wildman–Crippen MR) is 79.5 cm³/mol. The van der Waals surface area contributed by atoms with Crippen molar-refractivity contribution in [3.8, 4) is 0 Å². The van der Waals surface area contributed by atoms with E-state index in [0.717, 1.165) is 5.56 Å². The molecule has 0 fully saturated rings. The highest BCUT2D eigenvalue weighted by atomic mass is 79.9. The number of benzene rings is 1. The van der Waals surface area contributed by atoms with Gasteiger partial charge in [0.1, 0.15) is 4.47 Å². The average molecular weight is 413 g/mol. The molecule has 0 atom stereocenters. The SMILES string of the molecule is O=c1c(Br)c(Br)cnn1Cc1cccc(Cl)c1Cl. The van der Waals surface area contributed by atoms with Gasteiger partial charge in [-0.15, -0.1) is 0 Å². The lowest BCUT2D eigenvalue weighted by Gasteiger charge is -2.08. The third kappa shape index (κ3) is 2.79. The lowest BCUT2D eigenvalue weighted by atomic mass is 10.2. The molecule has 94 valence electrons. The molecule has 18 heavy (non-hydrogen) atoms. The molecule has 0 saturated carbocycles. The highest BCUT2D eigenvalue weighted by Gasteiger charge is 2.10. The molecule has 0 amide bonds. The molecule has 1 aromatic carbocycles. The summed E-state index contributed by atoms with van der Waals surface area (Å²) < 4.78 is 2.35. The Labute approximate surface area is 130 Å². The summed E-state index contributed by atoms with van der Waals surface area (Å²) in [7, 11) is 0. The summed E-state index contributed by atoms with van der Waals surface area (Å²) in [6.45, 7) is 0.268. The van der Waals surface area contributed by atoms with Gasteiger partial charge in [0.15, 0.2) is 0 Å². The standard InChI is InChI=1S/C11H6Br2Cl2N2O/c12-7-4-16-17(11(18)9(7)13)5-6-2-1-3-8(14)10(6)15/h1-4H,5H2.